The SMILES string of the molecule is CN(CC(=O)NC1CC1)C(=O)c1nc(N)n[nH]1. The second kappa shape index (κ2) is 4.40. The number of H-pyrrole nitrogens is 1. The molecule has 1 aliphatic rings. The van der Waals surface area contributed by atoms with E-state index in [0.29, 0.717) is 0 Å². The Morgan fingerprint density at radius 2 is 2.29 bits per heavy atom. The highest BCUT2D eigenvalue weighted by molar-refractivity contribution is 5.93. The number of nitrogens with two attached hydrogens (primary N) is 1. The Morgan fingerprint density at radius 1 is 1.59 bits per heavy atom. The zero-order valence-electron chi connectivity index (χ0n) is 9.43. The van der Waals surface area contributed by atoms with Gasteiger partial charge in [0.1, 0.15) is 0 Å². The summed E-state index contributed by atoms with van der Waals surface area (Å²) in [5.74, 6) is -0.551. The van der Waals surface area contributed by atoms with Crippen LogP contribution in [0.4, 0.5) is 5.95 Å². The lowest BCUT2D eigenvalue weighted by Crippen LogP contribution is -2.39. The molecule has 1 aromatic rings. The van der Waals surface area contributed by atoms with E-state index in [1.54, 1.807) is 0 Å². The molecule has 1 aromatic heterocycles. The molecular formula is C9H14N6O2. The summed E-state index contributed by atoms with van der Waals surface area (Å²) in [5, 5.41) is 8.75. The molecule has 0 spiro atoms. The van der Waals surface area contributed by atoms with Gasteiger partial charge in [-0.1, -0.05) is 0 Å². The molecule has 17 heavy (non-hydrogen) atoms. The minimum Gasteiger partial charge on any atom is -0.366 e. The van der Waals surface area contributed by atoms with Crippen molar-refractivity contribution < 1.29 is 9.59 Å². The van der Waals surface area contributed by atoms with Gasteiger partial charge in [-0.2, -0.15) is 4.98 Å². The molecule has 4 N–H and O–H groups in total. The molecule has 92 valence electrons. The summed E-state index contributed by atoms with van der Waals surface area (Å²) in [4.78, 5) is 28.2. The van der Waals surface area contributed by atoms with Gasteiger partial charge >= 0.3 is 0 Å². The topological polar surface area (TPSA) is 117 Å². The predicted molar refractivity (Wildman–Crippen MR) is 58.9 cm³/mol. The van der Waals surface area contributed by atoms with Crippen LogP contribution in [0, 0.1) is 0 Å². The number of rotatable bonds is 4. The Hall–Kier alpha value is -2.12. The van der Waals surface area contributed by atoms with Gasteiger partial charge in [0.2, 0.25) is 17.7 Å². The van der Waals surface area contributed by atoms with Crippen LogP contribution in [0.15, 0.2) is 0 Å². The number of anilines is 1. The van der Waals surface area contributed by atoms with Gasteiger partial charge in [0.05, 0.1) is 6.54 Å². The molecule has 0 aromatic carbocycles. The zero-order chi connectivity index (χ0) is 12.4. The van der Waals surface area contributed by atoms with Crippen molar-refractivity contribution in [1.82, 2.24) is 25.4 Å². The second-order valence-corrected chi connectivity index (χ2v) is 4.05. The summed E-state index contributed by atoms with van der Waals surface area (Å²) in [5.41, 5.74) is 5.29. The van der Waals surface area contributed by atoms with E-state index < -0.39 is 5.91 Å². The van der Waals surface area contributed by atoms with Gasteiger partial charge in [0.25, 0.3) is 5.91 Å². The number of carbonyl (C=O) groups excluding carboxylic acids is 2. The monoisotopic (exact) mass is 238 g/mol. The van der Waals surface area contributed by atoms with Gasteiger partial charge in [0.15, 0.2) is 0 Å². The van der Waals surface area contributed by atoms with E-state index in [4.69, 9.17) is 5.73 Å². The van der Waals surface area contributed by atoms with Crippen LogP contribution >= 0.6 is 0 Å². The Bertz CT molecular complexity index is 438. The highest BCUT2D eigenvalue weighted by Gasteiger charge is 2.25. The quantitative estimate of drug-likeness (QED) is 0.605. The maximum absolute atomic E-state index is 11.8. The van der Waals surface area contributed by atoms with E-state index in [9.17, 15) is 9.59 Å². The van der Waals surface area contributed by atoms with Crippen molar-refractivity contribution in [2.75, 3.05) is 19.3 Å². The van der Waals surface area contributed by atoms with Crippen LogP contribution in [0.25, 0.3) is 0 Å². The molecule has 2 amide bonds. The first kappa shape index (κ1) is 11.4. The van der Waals surface area contributed by atoms with Crippen LogP contribution < -0.4 is 11.1 Å². The molecule has 1 aliphatic carbocycles. The molecule has 0 saturated heterocycles. The molecule has 2 rings (SSSR count). The van der Waals surface area contributed by atoms with Crippen molar-refractivity contribution in [1.29, 1.82) is 0 Å². The van der Waals surface area contributed by atoms with Crippen LogP contribution in [-0.2, 0) is 4.79 Å². The number of hydrogen-bond acceptors (Lipinski definition) is 5. The van der Waals surface area contributed by atoms with E-state index in [1.807, 2.05) is 0 Å². The Kier molecular flexibility index (Phi) is 2.94. The zero-order valence-corrected chi connectivity index (χ0v) is 9.43. The fourth-order valence-electron chi connectivity index (χ4n) is 1.34. The fraction of sp³-hybridized carbons (Fsp3) is 0.556. The number of hydrogen-bond donors (Lipinski definition) is 3. The van der Waals surface area contributed by atoms with Crippen LogP contribution in [0.1, 0.15) is 23.5 Å². The van der Waals surface area contributed by atoms with Crippen LogP contribution in [0.2, 0.25) is 0 Å². The molecule has 1 fully saturated rings. The number of nitrogens with zero attached hydrogens (tertiary/aromatic N) is 3. The number of carbonyl (C=O) groups is 2. The first-order chi connectivity index (χ1) is 8.06. The van der Waals surface area contributed by atoms with Gasteiger partial charge in [-0.15, -0.1) is 5.10 Å². The van der Waals surface area contributed by atoms with Crippen LogP contribution in [-0.4, -0.2) is 51.5 Å². The summed E-state index contributed by atoms with van der Waals surface area (Å²) in [7, 11) is 1.52. The lowest BCUT2D eigenvalue weighted by atomic mass is 10.4. The van der Waals surface area contributed by atoms with Crippen molar-refractivity contribution >= 4 is 17.8 Å². The molecule has 8 nitrogen and oxygen atoms in total. The van der Waals surface area contributed by atoms with Gasteiger partial charge in [-0.3, -0.25) is 14.7 Å². The van der Waals surface area contributed by atoms with E-state index in [-0.39, 0.29) is 30.3 Å². The van der Waals surface area contributed by atoms with Gasteiger partial charge in [-0.25, -0.2) is 0 Å². The number of nitrogens with one attached hydrogen (secondary N) is 2. The summed E-state index contributed by atoms with van der Waals surface area (Å²) >= 11 is 0. The third-order valence-corrected chi connectivity index (χ3v) is 2.38. The lowest BCUT2D eigenvalue weighted by molar-refractivity contribution is -0.121. The number of likely N-dealkylation sites (N-methyl/N-ethyl adjacent to an activating group) is 1. The number of nitrogen functional groups attached to an aromatic ring is 1. The van der Waals surface area contributed by atoms with Crippen molar-refractivity contribution in [2.45, 2.75) is 18.9 Å². The Morgan fingerprint density at radius 3 is 2.82 bits per heavy atom. The smallest absolute Gasteiger partial charge is 0.291 e. The minimum absolute atomic E-state index is 0.00387. The number of aromatic amines is 1. The molecule has 1 saturated carbocycles. The molecular weight excluding hydrogens is 224 g/mol. The van der Waals surface area contributed by atoms with Crippen LogP contribution in [0.3, 0.4) is 0 Å². The standard InChI is InChI=1S/C9H14N6O2/c1-15(4-6(16)11-5-2-3-5)8(17)7-12-9(10)14-13-7/h5H,2-4H2,1H3,(H,11,16)(H3,10,12,13,14). The van der Waals surface area contributed by atoms with Crippen molar-refractivity contribution in [3.05, 3.63) is 5.82 Å². The highest BCUT2D eigenvalue weighted by Crippen LogP contribution is 2.18. The molecule has 0 atom stereocenters. The minimum atomic E-state index is -0.417. The maximum atomic E-state index is 11.8. The van der Waals surface area contributed by atoms with E-state index >= 15 is 0 Å². The van der Waals surface area contributed by atoms with Crippen molar-refractivity contribution in [3.63, 3.8) is 0 Å². The summed E-state index contributed by atoms with van der Waals surface area (Å²) < 4.78 is 0. The van der Waals surface area contributed by atoms with Gasteiger partial charge in [-0.05, 0) is 12.8 Å². The molecule has 0 unspecified atom stereocenters. The summed E-state index contributed by atoms with van der Waals surface area (Å²) in [6, 6.07) is 0.284. The Balaban J connectivity index is 1.88. The Labute approximate surface area is 97.6 Å². The van der Waals surface area contributed by atoms with E-state index in [1.165, 1.54) is 11.9 Å². The molecule has 0 bridgehead atoms. The van der Waals surface area contributed by atoms with Crippen LogP contribution in [0.5, 0.6) is 0 Å². The predicted octanol–water partition coefficient (Wildman–Crippen LogP) is -1.26. The normalized spacial score (nSPS) is 14.4. The third kappa shape index (κ3) is 2.92. The third-order valence-electron chi connectivity index (χ3n) is 2.38. The molecule has 1 heterocycles. The summed E-state index contributed by atoms with van der Waals surface area (Å²) in [6.07, 6.45) is 2.03. The van der Waals surface area contributed by atoms with Crippen molar-refractivity contribution in [3.8, 4) is 0 Å². The summed E-state index contributed by atoms with van der Waals surface area (Å²) in [6.45, 7) is -0.00403. The molecule has 8 heteroatoms. The first-order valence-electron chi connectivity index (χ1n) is 5.29. The highest BCUT2D eigenvalue weighted by atomic mass is 16.2. The molecule has 0 radical (unpaired) electrons. The largest absolute Gasteiger partial charge is 0.366 e. The van der Waals surface area contributed by atoms with Gasteiger partial charge in [0, 0.05) is 13.1 Å². The maximum Gasteiger partial charge on any atom is 0.291 e. The number of amides is 2. The second-order valence-electron chi connectivity index (χ2n) is 4.05. The van der Waals surface area contributed by atoms with E-state index in [2.05, 4.69) is 20.5 Å². The average molecular weight is 238 g/mol. The first-order valence-corrected chi connectivity index (χ1v) is 5.29. The van der Waals surface area contributed by atoms with E-state index in [0.717, 1.165) is 12.8 Å². The fourth-order valence-corrected chi connectivity index (χ4v) is 1.34. The average Bonchev–Trinajstić information content (AvgIpc) is 2.96. The lowest BCUT2D eigenvalue weighted by Gasteiger charge is -2.14. The molecule has 0 aliphatic heterocycles. The van der Waals surface area contributed by atoms with Crippen molar-refractivity contribution in [2.24, 2.45) is 0 Å². The van der Waals surface area contributed by atoms with Gasteiger partial charge < -0.3 is 16.0 Å². The number of aromatic nitrogens is 3.